The van der Waals surface area contributed by atoms with Crippen LogP contribution in [0.2, 0.25) is 0 Å². The lowest BCUT2D eigenvalue weighted by Crippen LogP contribution is -2.08. The molecule has 5 nitrogen and oxygen atoms in total. The van der Waals surface area contributed by atoms with Gasteiger partial charge in [-0.15, -0.1) is 11.3 Å². The third-order valence-electron chi connectivity index (χ3n) is 4.49. The fourth-order valence-electron chi connectivity index (χ4n) is 3.15. The van der Waals surface area contributed by atoms with Crippen LogP contribution in [-0.4, -0.2) is 26.5 Å². The van der Waals surface area contributed by atoms with Gasteiger partial charge in [0.05, 0.1) is 20.7 Å². The molecule has 0 radical (unpaired) electrons. The molecule has 0 aliphatic heterocycles. The normalized spacial score (nSPS) is 11.1. The van der Waals surface area contributed by atoms with Crippen molar-refractivity contribution in [3.8, 4) is 11.4 Å². The summed E-state index contributed by atoms with van der Waals surface area (Å²) in [6, 6.07) is 20.2. The van der Waals surface area contributed by atoms with Crippen molar-refractivity contribution in [2.75, 3.05) is 11.9 Å². The molecule has 0 unspecified atom stereocenters. The van der Waals surface area contributed by atoms with Crippen molar-refractivity contribution in [1.29, 1.82) is 0 Å². The minimum Gasteiger partial charge on any atom is -0.369 e. The summed E-state index contributed by atoms with van der Waals surface area (Å²) in [6.45, 7) is 0.757. The lowest BCUT2D eigenvalue weighted by atomic mass is 10.2. The monoisotopic (exact) mass is 383 g/mol. The lowest BCUT2D eigenvalue weighted by Gasteiger charge is -2.10. The maximum atomic E-state index is 4.77. The van der Waals surface area contributed by atoms with E-state index in [1.807, 2.05) is 42.5 Å². The first-order valence-corrected chi connectivity index (χ1v) is 9.94. The van der Waals surface area contributed by atoms with E-state index >= 15 is 0 Å². The van der Waals surface area contributed by atoms with Crippen LogP contribution in [0.5, 0.6) is 0 Å². The lowest BCUT2D eigenvalue weighted by molar-refractivity contribution is 0.994. The Bertz CT molecular complexity index is 1220. The van der Waals surface area contributed by atoms with Gasteiger partial charge in [0, 0.05) is 36.3 Å². The summed E-state index contributed by atoms with van der Waals surface area (Å²) in [4.78, 5) is 18.4. The maximum Gasteiger partial charge on any atom is 0.163 e. The second-order valence-corrected chi connectivity index (χ2v) is 7.52. The Balaban J connectivity index is 1.42. The second kappa shape index (κ2) is 7.32. The first kappa shape index (κ1) is 16.8. The molecule has 5 aromatic rings. The summed E-state index contributed by atoms with van der Waals surface area (Å²) in [5.41, 5.74) is 2.88. The van der Waals surface area contributed by atoms with Crippen LogP contribution in [0.1, 0.15) is 5.01 Å². The molecule has 28 heavy (non-hydrogen) atoms. The molecule has 1 N–H and O–H groups in total. The van der Waals surface area contributed by atoms with Crippen LogP contribution in [0.25, 0.3) is 32.5 Å². The van der Waals surface area contributed by atoms with E-state index in [1.54, 1.807) is 23.7 Å². The number of rotatable bonds is 5. The number of thiazole rings is 1. The number of fused-ring (bicyclic) bond motifs is 2. The Morgan fingerprint density at radius 2 is 1.68 bits per heavy atom. The van der Waals surface area contributed by atoms with Crippen molar-refractivity contribution in [2.45, 2.75) is 6.42 Å². The van der Waals surface area contributed by atoms with Gasteiger partial charge in [-0.3, -0.25) is 4.98 Å². The molecule has 0 atom stereocenters. The summed E-state index contributed by atoms with van der Waals surface area (Å²) in [5.74, 6) is 1.51. The van der Waals surface area contributed by atoms with E-state index in [2.05, 4.69) is 28.5 Å². The van der Waals surface area contributed by atoms with Gasteiger partial charge in [-0.2, -0.15) is 0 Å². The zero-order valence-electron chi connectivity index (χ0n) is 15.0. The van der Waals surface area contributed by atoms with E-state index in [4.69, 9.17) is 15.0 Å². The Labute approximate surface area is 166 Å². The van der Waals surface area contributed by atoms with Gasteiger partial charge in [-0.1, -0.05) is 24.3 Å². The molecule has 136 valence electrons. The Morgan fingerprint density at radius 3 is 2.54 bits per heavy atom. The van der Waals surface area contributed by atoms with Crippen LogP contribution in [0.15, 0.2) is 73.1 Å². The zero-order valence-corrected chi connectivity index (χ0v) is 15.9. The van der Waals surface area contributed by atoms with Crippen LogP contribution in [0.3, 0.4) is 0 Å². The van der Waals surface area contributed by atoms with Gasteiger partial charge >= 0.3 is 0 Å². The fraction of sp³-hybridized carbons (Fsp3) is 0.0909. The smallest absolute Gasteiger partial charge is 0.163 e. The number of nitrogens with zero attached hydrogens (tertiary/aromatic N) is 4. The Kier molecular flexibility index (Phi) is 4.39. The average Bonchev–Trinajstić information content (AvgIpc) is 3.17. The molecule has 2 aromatic carbocycles. The zero-order chi connectivity index (χ0) is 18.8. The van der Waals surface area contributed by atoms with Crippen molar-refractivity contribution >= 4 is 38.3 Å². The number of nitrogens with one attached hydrogen (secondary N) is 1. The predicted octanol–water partition coefficient (Wildman–Crippen LogP) is 4.96. The van der Waals surface area contributed by atoms with Crippen molar-refractivity contribution < 1.29 is 0 Å². The van der Waals surface area contributed by atoms with Gasteiger partial charge in [0.15, 0.2) is 5.82 Å². The Morgan fingerprint density at radius 1 is 0.821 bits per heavy atom. The topological polar surface area (TPSA) is 63.6 Å². The van der Waals surface area contributed by atoms with Crippen LogP contribution in [0, 0.1) is 0 Å². The van der Waals surface area contributed by atoms with E-state index in [1.165, 1.54) is 4.70 Å². The summed E-state index contributed by atoms with van der Waals surface area (Å²) in [5, 5.41) is 5.62. The average molecular weight is 383 g/mol. The van der Waals surface area contributed by atoms with Crippen molar-refractivity contribution in [1.82, 2.24) is 19.9 Å². The SMILES string of the molecule is c1cncc(-c2nc(NCCc3nc4ccccc4s3)c3ccccc3n2)c1. The minimum atomic E-state index is 0.675. The van der Waals surface area contributed by atoms with Crippen LogP contribution in [-0.2, 0) is 6.42 Å². The van der Waals surface area contributed by atoms with Gasteiger partial charge in [0.25, 0.3) is 0 Å². The first-order chi connectivity index (χ1) is 13.9. The molecular formula is C22H17N5S. The number of aromatic nitrogens is 4. The van der Waals surface area contributed by atoms with Gasteiger partial charge in [0.2, 0.25) is 0 Å². The molecule has 5 rings (SSSR count). The molecule has 3 heterocycles. The highest BCUT2D eigenvalue weighted by atomic mass is 32.1. The fourth-order valence-corrected chi connectivity index (χ4v) is 4.12. The van der Waals surface area contributed by atoms with Crippen molar-refractivity contribution in [2.24, 2.45) is 0 Å². The van der Waals surface area contributed by atoms with Gasteiger partial charge in [0.1, 0.15) is 5.82 Å². The van der Waals surface area contributed by atoms with Crippen LogP contribution in [0.4, 0.5) is 5.82 Å². The number of hydrogen-bond acceptors (Lipinski definition) is 6. The minimum absolute atomic E-state index is 0.675. The van der Waals surface area contributed by atoms with E-state index in [0.717, 1.165) is 45.8 Å². The van der Waals surface area contributed by atoms with E-state index in [9.17, 15) is 0 Å². The number of para-hydroxylation sites is 2. The van der Waals surface area contributed by atoms with E-state index in [0.29, 0.717) is 5.82 Å². The van der Waals surface area contributed by atoms with Crippen LogP contribution < -0.4 is 5.32 Å². The molecule has 0 spiro atoms. The third-order valence-corrected chi connectivity index (χ3v) is 5.59. The third kappa shape index (κ3) is 3.30. The first-order valence-electron chi connectivity index (χ1n) is 9.12. The molecule has 0 aliphatic rings. The summed E-state index contributed by atoms with van der Waals surface area (Å²) < 4.78 is 1.23. The number of hydrogen-bond donors (Lipinski definition) is 1. The molecule has 0 saturated heterocycles. The summed E-state index contributed by atoms with van der Waals surface area (Å²) >= 11 is 1.74. The molecule has 0 fully saturated rings. The molecule has 0 aliphatic carbocycles. The summed E-state index contributed by atoms with van der Waals surface area (Å²) in [7, 11) is 0. The van der Waals surface area contributed by atoms with E-state index < -0.39 is 0 Å². The van der Waals surface area contributed by atoms with Crippen LogP contribution >= 0.6 is 11.3 Å². The molecule has 0 bridgehead atoms. The highest BCUT2D eigenvalue weighted by Gasteiger charge is 2.10. The van der Waals surface area contributed by atoms with Gasteiger partial charge in [-0.05, 0) is 36.4 Å². The molecule has 0 amide bonds. The molecule has 0 saturated carbocycles. The van der Waals surface area contributed by atoms with Gasteiger partial charge < -0.3 is 5.32 Å². The van der Waals surface area contributed by atoms with Crippen molar-refractivity contribution in [3.63, 3.8) is 0 Å². The highest BCUT2D eigenvalue weighted by molar-refractivity contribution is 7.18. The van der Waals surface area contributed by atoms with E-state index in [-0.39, 0.29) is 0 Å². The Hall–Kier alpha value is -3.38. The maximum absolute atomic E-state index is 4.77. The quantitative estimate of drug-likeness (QED) is 0.465. The molecule has 3 aromatic heterocycles. The van der Waals surface area contributed by atoms with Crippen molar-refractivity contribution in [3.05, 3.63) is 78.1 Å². The largest absolute Gasteiger partial charge is 0.369 e. The highest BCUT2D eigenvalue weighted by Crippen LogP contribution is 2.25. The molecule has 6 heteroatoms. The number of pyridine rings is 1. The standard InChI is InChI=1S/C22H17N5S/c1-2-8-17-16(7-1)22(27-21(26-17)15-6-5-12-23-14-15)24-13-11-20-25-18-9-3-4-10-19(18)28-20/h1-10,12,14H,11,13H2,(H,24,26,27). The second-order valence-electron chi connectivity index (χ2n) is 6.41. The number of benzene rings is 2. The number of anilines is 1. The van der Waals surface area contributed by atoms with Gasteiger partial charge in [-0.25, -0.2) is 15.0 Å². The summed E-state index contributed by atoms with van der Waals surface area (Å²) in [6.07, 6.45) is 4.39. The predicted molar refractivity (Wildman–Crippen MR) is 115 cm³/mol. The molecular weight excluding hydrogens is 366 g/mol.